The van der Waals surface area contributed by atoms with Crippen molar-refractivity contribution < 1.29 is 4.79 Å². The molecule has 1 unspecified atom stereocenters. The molecule has 28 heavy (non-hydrogen) atoms. The van der Waals surface area contributed by atoms with Crippen LogP contribution in [0.5, 0.6) is 0 Å². The van der Waals surface area contributed by atoms with Crippen molar-refractivity contribution in [2.24, 2.45) is 11.8 Å². The largest absolute Gasteiger partial charge is 0.385 e. The van der Waals surface area contributed by atoms with Crippen LogP contribution < -0.4 is 5.32 Å². The fourth-order valence-corrected chi connectivity index (χ4v) is 4.71. The van der Waals surface area contributed by atoms with Crippen LogP contribution in [0.2, 0.25) is 0 Å². The van der Waals surface area contributed by atoms with E-state index in [0.29, 0.717) is 11.7 Å². The van der Waals surface area contributed by atoms with Gasteiger partial charge in [0.2, 0.25) is 0 Å². The van der Waals surface area contributed by atoms with Gasteiger partial charge in [-0.1, -0.05) is 49.4 Å². The number of piperidine rings is 1. The van der Waals surface area contributed by atoms with E-state index < -0.39 is 0 Å². The van der Waals surface area contributed by atoms with Gasteiger partial charge >= 0.3 is 0 Å². The molecule has 0 radical (unpaired) electrons. The Labute approximate surface area is 169 Å². The summed E-state index contributed by atoms with van der Waals surface area (Å²) in [7, 11) is 0. The number of benzene rings is 2. The zero-order valence-corrected chi connectivity index (χ0v) is 17.0. The van der Waals surface area contributed by atoms with Crippen LogP contribution in [0, 0.1) is 11.8 Å². The predicted molar refractivity (Wildman–Crippen MR) is 116 cm³/mol. The van der Waals surface area contributed by atoms with Gasteiger partial charge in [0.05, 0.1) is 0 Å². The van der Waals surface area contributed by atoms with E-state index in [1.54, 1.807) is 0 Å². The third kappa shape index (κ3) is 4.47. The van der Waals surface area contributed by atoms with Gasteiger partial charge in [0.15, 0.2) is 5.78 Å². The second-order valence-corrected chi connectivity index (χ2v) is 8.51. The van der Waals surface area contributed by atoms with E-state index in [9.17, 15) is 4.79 Å². The highest BCUT2D eigenvalue weighted by Gasteiger charge is 2.29. The summed E-state index contributed by atoms with van der Waals surface area (Å²) >= 11 is 0. The number of hydrogen-bond acceptors (Lipinski definition) is 3. The zero-order valence-electron chi connectivity index (χ0n) is 17.0. The van der Waals surface area contributed by atoms with Crippen molar-refractivity contribution in [2.45, 2.75) is 45.6 Å². The molecule has 1 fully saturated rings. The molecule has 0 aliphatic carbocycles. The first-order valence-corrected chi connectivity index (χ1v) is 10.9. The number of carbonyl (C=O) groups is 1. The van der Waals surface area contributed by atoms with E-state index in [1.807, 2.05) is 0 Å². The Kier molecular flexibility index (Phi) is 6.11. The molecular weight excluding hydrogens is 344 g/mol. The van der Waals surface area contributed by atoms with Crippen LogP contribution in [0.15, 0.2) is 48.5 Å². The van der Waals surface area contributed by atoms with Gasteiger partial charge < -0.3 is 5.32 Å². The SMILES string of the molecule is CC(C(=O)c1ccc2c(c1)NCCCC2)C1CCN(Cc2ccccc2)CC1. The molecule has 0 spiro atoms. The van der Waals surface area contributed by atoms with Crippen molar-refractivity contribution in [3.8, 4) is 0 Å². The van der Waals surface area contributed by atoms with Crippen LogP contribution in [-0.4, -0.2) is 30.3 Å². The second kappa shape index (κ2) is 8.91. The van der Waals surface area contributed by atoms with Crippen LogP contribution in [0.25, 0.3) is 0 Å². The maximum atomic E-state index is 13.1. The minimum atomic E-state index is 0.0997. The van der Waals surface area contributed by atoms with Crippen molar-refractivity contribution in [3.05, 3.63) is 65.2 Å². The van der Waals surface area contributed by atoms with Crippen LogP contribution in [0.1, 0.15) is 54.1 Å². The number of fused-ring (bicyclic) bond motifs is 1. The quantitative estimate of drug-likeness (QED) is 0.731. The minimum Gasteiger partial charge on any atom is -0.385 e. The number of aryl methyl sites for hydroxylation is 1. The van der Waals surface area contributed by atoms with E-state index in [4.69, 9.17) is 0 Å². The van der Waals surface area contributed by atoms with Crippen LogP contribution in [0.3, 0.4) is 0 Å². The van der Waals surface area contributed by atoms with Gasteiger partial charge in [-0.3, -0.25) is 9.69 Å². The molecule has 0 amide bonds. The molecule has 1 saturated heterocycles. The van der Waals surface area contributed by atoms with Gasteiger partial charge in [-0.15, -0.1) is 0 Å². The average Bonchev–Trinajstić information content (AvgIpc) is 2.99. The van der Waals surface area contributed by atoms with Crippen molar-refractivity contribution in [1.82, 2.24) is 4.90 Å². The Morgan fingerprint density at radius 3 is 2.68 bits per heavy atom. The molecule has 2 aromatic rings. The van der Waals surface area contributed by atoms with Gasteiger partial charge in [-0.25, -0.2) is 0 Å². The number of carbonyl (C=O) groups excluding carboxylic acids is 1. The fraction of sp³-hybridized carbons (Fsp3) is 0.480. The number of anilines is 1. The number of hydrogen-bond donors (Lipinski definition) is 1. The number of likely N-dealkylation sites (tertiary alicyclic amines) is 1. The summed E-state index contributed by atoms with van der Waals surface area (Å²) in [5.74, 6) is 0.907. The Bertz CT molecular complexity index is 793. The Morgan fingerprint density at radius 1 is 1.11 bits per heavy atom. The summed E-state index contributed by atoms with van der Waals surface area (Å²) in [4.78, 5) is 15.7. The van der Waals surface area contributed by atoms with E-state index in [0.717, 1.165) is 51.0 Å². The molecule has 2 heterocycles. The summed E-state index contributed by atoms with van der Waals surface area (Å²) < 4.78 is 0. The molecule has 2 aromatic carbocycles. The predicted octanol–water partition coefficient (Wildman–Crippen LogP) is 5.17. The second-order valence-electron chi connectivity index (χ2n) is 8.51. The highest BCUT2D eigenvalue weighted by molar-refractivity contribution is 5.98. The summed E-state index contributed by atoms with van der Waals surface area (Å²) in [5, 5.41) is 3.51. The number of nitrogens with one attached hydrogen (secondary N) is 1. The summed E-state index contributed by atoms with van der Waals surface area (Å²) in [6.07, 6.45) is 5.78. The minimum absolute atomic E-state index is 0.0997. The third-order valence-corrected chi connectivity index (χ3v) is 6.58. The number of Topliss-reactive ketones (excluding diaryl/α,β-unsaturated/α-hetero) is 1. The molecule has 0 saturated carbocycles. The van der Waals surface area contributed by atoms with E-state index in [2.05, 4.69) is 65.7 Å². The number of ketones is 1. The van der Waals surface area contributed by atoms with Gasteiger partial charge in [-0.05, 0) is 68.3 Å². The Morgan fingerprint density at radius 2 is 1.89 bits per heavy atom. The molecule has 2 aliphatic rings. The smallest absolute Gasteiger partial charge is 0.166 e. The standard InChI is InChI=1S/C25H32N2O/c1-19(21-12-15-27(16-13-21)18-20-7-3-2-4-8-20)25(28)23-11-10-22-9-5-6-14-26-24(22)17-23/h2-4,7-8,10-11,17,19,21,26H,5-6,9,12-16,18H2,1H3. The molecule has 3 heteroatoms. The Balaban J connectivity index is 1.35. The lowest BCUT2D eigenvalue weighted by atomic mass is 9.81. The van der Waals surface area contributed by atoms with Crippen molar-refractivity contribution >= 4 is 11.5 Å². The maximum Gasteiger partial charge on any atom is 0.166 e. The molecule has 0 bridgehead atoms. The van der Waals surface area contributed by atoms with Gasteiger partial charge in [-0.2, -0.15) is 0 Å². The van der Waals surface area contributed by atoms with E-state index in [1.165, 1.54) is 29.7 Å². The highest BCUT2D eigenvalue weighted by Crippen LogP contribution is 2.30. The average molecular weight is 377 g/mol. The molecular formula is C25H32N2O. The van der Waals surface area contributed by atoms with Gasteiger partial charge in [0.1, 0.15) is 0 Å². The molecule has 3 nitrogen and oxygen atoms in total. The van der Waals surface area contributed by atoms with Gasteiger partial charge in [0, 0.05) is 30.3 Å². The van der Waals surface area contributed by atoms with E-state index >= 15 is 0 Å². The number of nitrogens with zero attached hydrogens (tertiary/aromatic N) is 1. The van der Waals surface area contributed by atoms with Crippen molar-refractivity contribution in [3.63, 3.8) is 0 Å². The fourth-order valence-electron chi connectivity index (χ4n) is 4.71. The lowest BCUT2D eigenvalue weighted by Gasteiger charge is -2.34. The van der Waals surface area contributed by atoms with Crippen molar-refractivity contribution in [2.75, 3.05) is 25.0 Å². The molecule has 1 atom stereocenters. The van der Waals surface area contributed by atoms with Crippen LogP contribution in [0.4, 0.5) is 5.69 Å². The first kappa shape index (κ1) is 19.2. The molecule has 1 N–H and O–H groups in total. The topological polar surface area (TPSA) is 32.3 Å². The Hall–Kier alpha value is -2.13. The summed E-state index contributed by atoms with van der Waals surface area (Å²) in [6.45, 7) is 6.34. The molecule has 4 rings (SSSR count). The number of rotatable bonds is 5. The maximum absolute atomic E-state index is 13.1. The lowest BCUT2D eigenvalue weighted by Crippen LogP contribution is -2.36. The third-order valence-electron chi connectivity index (χ3n) is 6.58. The van der Waals surface area contributed by atoms with Crippen LogP contribution in [-0.2, 0) is 13.0 Å². The molecule has 148 valence electrons. The molecule has 2 aliphatic heterocycles. The zero-order chi connectivity index (χ0) is 19.3. The normalized spacial score (nSPS) is 19.3. The first-order valence-electron chi connectivity index (χ1n) is 10.9. The lowest BCUT2D eigenvalue weighted by molar-refractivity contribution is 0.0815. The monoisotopic (exact) mass is 376 g/mol. The van der Waals surface area contributed by atoms with Crippen LogP contribution >= 0.6 is 0 Å². The first-order chi connectivity index (χ1) is 13.7. The molecule has 0 aromatic heterocycles. The van der Waals surface area contributed by atoms with Crippen molar-refractivity contribution in [1.29, 1.82) is 0 Å². The summed E-state index contributed by atoms with van der Waals surface area (Å²) in [6, 6.07) is 17.0. The van der Waals surface area contributed by atoms with E-state index in [-0.39, 0.29) is 5.92 Å². The highest BCUT2D eigenvalue weighted by atomic mass is 16.1. The summed E-state index contributed by atoms with van der Waals surface area (Å²) in [5.41, 5.74) is 4.79. The van der Waals surface area contributed by atoms with Gasteiger partial charge in [0.25, 0.3) is 0 Å².